The molecule has 3 amide bonds. The molecule has 0 bridgehead atoms. The highest BCUT2D eigenvalue weighted by Gasteiger charge is 2.45. The molecule has 0 aromatic carbocycles. The number of likely N-dealkylation sites (tertiary alicyclic amines) is 1. The van der Waals surface area contributed by atoms with Gasteiger partial charge in [0.05, 0.1) is 11.8 Å². The number of carbonyl (C=O) groups excluding carboxylic acids is 3. The second kappa shape index (κ2) is 8.80. The Kier molecular flexibility index (Phi) is 6.24. The summed E-state index contributed by atoms with van der Waals surface area (Å²) in [6.07, 6.45) is 5.05. The molecule has 4 rings (SSSR count). The average Bonchev–Trinajstić information content (AvgIpc) is 3.38. The molecular formula is C22H34N6O4. The molecule has 10 heteroatoms. The van der Waals surface area contributed by atoms with Gasteiger partial charge in [-0.15, -0.1) is 5.10 Å². The third-order valence-electron chi connectivity index (χ3n) is 6.59. The van der Waals surface area contributed by atoms with Crippen LogP contribution in [0.25, 0.3) is 0 Å². The van der Waals surface area contributed by atoms with E-state index in [2.05, 4.69) is 20.9 Å². The van der Waals surface area contributed by atoms with Crippen molar-refractivity contribution in [3.05, 3.63) is 11.9 Å². The van der Waals surface area contributed by atoms with Gasteiger partial charge in [-0.05, 0) is 31.1 Å². The summed E-state index contributed by atoms with van der Waals surface area (Å²) >= 11 is 0. The summed E-state index contributed by atoms with van der Waals surface area (Å²) in [5.41, 5.74) is 0.437. The molecular weight excluding hydrogens is 412 g/mol. The monoisotopic (exact) mass is 446 g/mol. The van der Waals surface area contributed by atoms with Gasteiger partial charge in [-0.2, -0.15) is 0 Å². The fourth-order valence-electron chi connectivity index (χ4n) is 4.69. The van der Waals surface area contributed by atoms with Crippen LogP contribution in [0.15, 0.2) is 6.20 Å². The zero-order valence-electron chi connectivity index (χ0n) is 19.1. The molecule has 2 saturated heterocycles. The highest BCUT2D eigenvalue weighted by molar-refractivity contribution is 5.90. The van der Waals surface area contributed by atoms with Gasteiger partial charge in [-0.3, -0.25) is 14.4 Å². The molecule has 4 atom stereocenters. The molecule has 32 heavy (non-hydrogen) atoms. The van der Waals surface area contributed by atoms with Crippen molar-refractivity contribution in [3.8, 4) is 0 Å². The van der Waals surface area contributed by atoms with Gasteiger partial charge in [-0.1, -0.05) is 26.0 Å². The van der Waals surface area contributed by atoms with Crippen LogP contribution in [0.4, 0.5) is 0 Å². The second-order valence-electron chi connectivity index (χ2n) is 10.4. The number of aliphatic hydroxyl groups is 1. The van der Waals surface area contributed by atoms with Crippen LogP contribution in [0.1, 0.15) is 76.9 Å². The zero-order chi connectivity index (χ0) is 23.0. The minimum Gasteiger partial charge on any atom is -0.391 e. The summed E-state index contributed by atoms with van der Waals surface area (Å²) in [7, 11) is 0. The Hall–Kier alpha value is -2.49. The fourth-order valence-corrected chi connectivity index (χ4v) is 4.69. The quantitative estimate of drug-likeness (QED) is 0.604. The normalized spacial score (nSPS) is 27.6. The van der Waals surface area contributed by atoms with E-state index in [9.17, 15) is 19.5 Å². The Bertz CT molecular complexity index is 874. The van der Waals surface area contributed by atoms with Gasteiger partial charge in [0.1, 0.15) is 12.1 Å². The van der Waals surface area contributed by atoms with Crippen LogP contribution >= 0.6 is 0 Å². The van der Waals surface area contributed by atoms with Crippen LogP contribution in [0, 0.1) is 5.41 Å². The largest absolute Gasteiger partial charge is 0.391 e. The topological polar surface area (TPSA) is 129 Å². The standard InChI is InChI=1S/C22H34N6O4/c1-22(2,3)19(28-12-16(25-26-28)13-4-5-13)21(32)27-11-15(29)10-17(27)20(31)24-14-6-7-18(30)23-9-8-14/h12-15,17,19,29H,4-11H2,1-3H3,(H,23,30)(H,24,31)/t14?,15-,17+,19-/m1/s1. The van der Waals surface area contributed by atoms with Gasteiger partial charge < -0.3 is 20.6 Å². The van der Waals surface area contributed by atoms with Crippen molar-refractivity contribution in [1.82, 2.24) is 30.5 Å². The Morgan fingerprint density at radius 1 is 1.25 bits per heavy atom. The molecule has 2 aliphatic heterocycles. The molecule has 1 unspecified atom stereocenters. The van der Waals surface area contributed by atoms with E-state index in [-0.39, 0.29) is 36.7 Å². The first-order valence-corrected chi connectivity index (χ1v) is 11.6. The third-order valence-corrected chi connectivity index (χ3v) is 6.59. The van der Waals surface area contributed by atoms with E-state index >= 15 is 0 Å². The minimum absolute atomic E-state index is 0.0127. The van der Waals surface area contributed by atoms with Crippen molar-refractivity contribution in [3.63, 3.8) is 0 Å². The number of aromatic nitrogens is 3. The van der Waals surface area contributed by atoms with Gasteiger partial charge in [0.15, 0.2) is 0 Å². The number of carbonyl (C=O) groups is 3. The number of rotatable bonds is 5. The lowest BCUT2D eigenvalue weighted by Gasteiger charge is -2.35. The van der Waals surface area contributed by atoms with E-state index < -0.39 is 23.6 Å². The van der Waals surface area contributed by atoms with Crippen LogP contribution in [0.3, 0.4) is 0 Å². The SMILES string of the molecule is CC(C)(C)[C@@H](C(=O)N1C[C@H](O)C[C@H]1C(=O)NC1CCNC(=O)CC1)n1cc(C2CC2)nn1. The van der Waals surface area contributed by atoms with Crippen molar-refractivity contribution in [2.45, 2.75) is 89.4 Å². The van der Waals surface area contributed by atoms with Gasteiger partial charge in [-0.25, -0.2) is 4.68 Å². The predicted molar refractivity (Wildman–Crippen MR) is 115 cm³/mol. The number of nitrogens with one attached hydrogen (secondary N) is 2. The molecule has 176 valence electrons. The average molecular weight is 447 g/mol. The van der Waals surface area contributed by atoms with E-state index in [0.717, 1.165) is 18.5 Å². The van der Waals surface area contributed by atoms with E-state index in [1.165, 1.54) is 4.90 Å². The molecule has 1 saturated carbocycles. The van der Waals surface area contributed by atoms with Crippen LogP contribution < -0.4 is 10.6 Å². The van der Waals surface area contributed by atoms with Crippen molar-refractivity contribution < 1.29 is 19.5 Å². The highest BCUT2D eigenvalue weighted by atomic mass is 16.3. The molecule has 3 fully saturated rings. The number of hydrogen-bond acceptors (Lipinski definition) is 6. The maximum Gasteiger partial charge on any atom is 0.248 e. The second-order valence-corrected chi connectivity index (χ2v) is 10.4. The first-order chi connectivity index (χ1) is 15.1. The fraction of sp³-hybridized carbons (Fsp3) is 0.773. The first-order valence-electron chi connectivity index (χ1n) is 11.6. The Balaban J connectivity index is 1.51. The number of nitrogens with zero attached hydrogens (tertiary/aromatic N) is 4. The Morgan fingerprint density at radius 2 is 2.00 bits per heavy atom. The van der Waals surface area contributed by atoms with Gasteiger partial charge >= 0.3 is 0 Å². The van der Waals surface area contributed by atoms with E-state index in [4.69, 9.17) is 0 Å². The molecule has 3 N–H and O–H groups in total. The van der Waals surface area contributed by atoms with Crippen LogP contribution in [-0.2, 0) is 14.4 Å². The van der Waals surface area contributed by atoms with Crippen LogP contribution in [0.5, 0.6) is 0 Å². The van der Waals surface area contributed by atoms with Crippen LogP contribution in [-0.4, -0.2) is 74.0 Å². The Morgan fingerprint density at radius 3 is 2.69 bits per heavy atom. The summed E-state index contributed by atoms with van der Waals surface area (Å²) in [4.78, 5) is 39.9. The van der Waals surface area contributed by atoms with Gasteiger partial charge in [0.2, 0.25) is 17.7 Å². The minimum atomic E-state index is -0.759. The van der Waals surface area contributed by atoms with Crippen molar-refractivity contribution in [1.29, 1.82) is 0 Å². The Labute approximate surface area is 188 Å². The van der Waals surface area contributed by atoms with Crippen LogP contribution in [0.2, 0.25) is 0 Å². The lowest BCUT2D eigenvalue weighted by atomic mass is 9.85. The predicted octanol–water partition coefficient (Wildman–Crippen LogP) is 0.489. The zero-order valence-corrected chi connectivity index (χ0v) is 19.1. The lowest BCUT2D eigenvalue weighted by Crippen LogP contribution is -2.52. The van der Waals surface area contributed by atoms with Crippen molar-refractivity contribution >= 4 is 17.7 Å². The number of aliphatic hydroxyl groups excluding tert-OH is 1. The summed E-state index contributed by atoms with van der Waals surface area (Å²) in [5.74, 6) is -0.105. The van der Waals surface area contributed by atoms with Gasteiger partial charge in [0, 0.05) is 44.1 Å². The van der Waals surface area contributed by atoms with E-state index in [1.807, 2.05) is 27.0 Å². The summed E-state index contributed by atoms with van der Waals surface area (Å²) in [5, 5.41) is 24.7. The third kappa shape index (κ3) is 4.95. The molecule has 1 aliphatic carbocycles. The first kappa shape index (κ1) is 22.7. The molecule has 0 radical (unpaired) electrons. The van der Waals surface area contributed by atoms with Crippen molar-refractivity contribution in [2.75, 3.05) is 13.1 Å². The van der Waals surface area contributed by atoms with Crippen molar-refractivity contribution in [2.24, 2.45) is 5.41 Å². The molecule has 3 aliphatic rings. The number of hydrogen-bond donors (Lipinski definition) is 3. The highest BCUT2D eigenvalue weighted by Crippen LogP contribution is 2.40. The van der Waals surface area contributed by atoms with E-state index in [0.29, 0.717) is 31.7 Å². The molecule has 3 heterocycles. The molecule has 10 nitrogen and oxygen atoms in total. The molecule has 0 spiro atoms. The maximum atomic E-state index is 13.7. The van der Waals surface area contributed by atoms with Gasteiger partial charge in [0.25, 0.3) is 0 Å². The smallest absolute Gasteiger partial charge is 0.248 e. The summed E-state index contributed by atoms with van der Waals surface area (Å²) < 4.78 is 1.62. The number of amides is 3. The summed E-state index contributed by atoms with van der Waals surface area (Å²) in [6, 6.07) is -1.52. The molecule has 1 aromatic heterocycles. The number of β-amino-alcohol motifs (C(OH)–C–C–N with tert-alkyl or cyclic N) is 1. The lowest BCUT2D eigenvalue weighted by molar-refractivity contribution is -0.144. The summed E-state index contributed by atoms with van der Waals surface area (Å²) in [6.45, 7) is 6.52. The van der Waals surface area contributed by atoms with E-state index in [1.54, 1.807) is 4.68 Å². The molecule has 1 aromatic rings. The maximum absolute atomic E-state index is 13.7.